The third-order valence-corrected chi connectivity index (χ3v) is 1.15. The summed E-state index contributed by atoms with van der Waals surface area (Å²) in [6.45, 7) is 3.67. The summed E-state index contributed by atoms with van der Waals surface area (Å²) >= 11 is 0. The molecule has 0 aromatic rings. The highest BCUT2D eigenvalue weighted by atomic mass is 16.5. The maximum Gasteiger partial charge on any atom is 0.243 e. The molecule has 0 aromatic carbocycles. The van der Waals surface area contributed by atoms with Crippen LogP contribution in [0.5, 0.6) is 0 Å². The summed E-state index contributed by atoms with van der Waals surface area (Å²) in [6.07, 6.45) is 0.111. The summed E-state index contributed by atoms with van der Waals surface area (Å²) in [5.41, 5.74) is 1.45. The molecule has 0 heterocycles. The topological polar surface area (TPSA) is 78.4 Å². The van der Waals surface area contributed by atoms with E-state index in [4.69, 9.17) is 5.21 Å². The van der Waals surface area contributed by atoms with Crippen molar-refractivity contribution in [2.24, 2.45) is 0 Å². The van der Waals surface area contributed by atoms with E-state index >= 15 is 0 Å². The van der Waals surface area contributed by atoms with Crippen LogP contribution < -0.4 is 10.8 Å². The van der Waals surface area contributed by atoms with Crippen molar-refractivity contribution in [1.29, 1.82) is 0 Å². The van der Waals surface area contributed by atoms with Crippen LogP contribution in [0.15, 0.2) is 0 Å². The molecule has 0 rings (SSSR count). The molecule has 3 N–H and O–H groups in total. The third kappa shape index (κ3) is 5.67. The van der Waals surface area contributed by atoms with E-state index in [1.807, 2.05) is 13.8 Å². The van der Waals surface area contributed by atoms with Crippen LogP contribution in [0.1, 0.15) is 26.7 Å². The Kier molecular flexibility index (Phi) is 5.03. The second-order valence-corrected chi connectivity index (χ2v) is 2.76. The van der Waals surface area contributed by atoms with Crippen molar-refractivity contribution < 1.29 is 14.8 Å². The fourth-order valence-electron chi connectivity index (χ4n) is 0.677. The lowest BCUT2D eigenvalue weighted by atomic mass is 10.2. The van der Waals surface area contributed by atoms with Gasteiger partial charge in [-0.25, -0.2) is 5.48 Å². The number of carbonyl (C=O) groups is 2. The van der Waals surface area contributed by atoms with E-state index in [1.165, 1.54) is 5.48 Å². The van der Waals surface area contributed by atoms with E-state index in [9.17, 15) is 9.59 Å². The summed E-state index contributed by atoms with van der Waals surface area (Å²) in [4.78, 5) is 21.4. The maximum atomic E-state index is 10.9. The predicted octanol–water partition coefficient (Wildman–Crippen LogP) is -0.203. The van der Waals surface area contributed by atoms with Crippen LogP contribution in [-0.2, 0) is 9.59 Å². The first-order chi connectivity index (χ1) is 5.56. The van der Waals surface area contributed by atoms with Crippen LogP contribution in [0.25, 0.3) is 0 Å². The minimum absolute atomic E-state index is 0.00898. The number of nitrogens with one attached hydrogen (secondary N) is 2. The molecule has 5 heteroatoms. The van der Waals surface area contributed by atoms with Gasteiger partial charge in [0.15, 0.2) is 0 Å². The Bertz CT molecular complexity index is 168. The molecule has 70 valence electrons. The van der Waals surface area contributed by atoms with E-state index in [2.05, 4.69) is 5.32 Å². The predicted molar refractivity (Wildman–Crippen MR) is 42.4 cm³/mol. The highest BCUT2D eigenvalue weighted by Gasteiger charge is 2.06. The van der Waals surface area contributed by atoms with Gasteiger partial charge in [-0.2, -0.15) is 0 Å². The largest absolute Gasteiger partial charge is 0.354 e. The SMILES string of the molecule is CC(C)NC(=O)CCC(=O)NO. The number of carbonyl (C=O) groups excluding carboxylic acids is 2. The number of hydrogen-bond acceptors (Lipinski definition) is 3. The van der Waals surface area contributed by atoms with E-state index in [1.54, 1.807) is 0 Å². The van der Waals surface area contributed by atoms with Crippen molar-refractivity contribution in [2.75, 3.05) is 0 Å². The normalized spacial score (nSPS) is 9.67. The average Bonchev–Trinajstić information content (AvgIpc) is 1.99. The van der Waals surface area contributed by atoms with Crippen molar-refractivity contribution >= 4 is 11.8 Å². The van der Waals surface area contributed by atoms with Gasteiger partial charge in [0.05, 0.1) is 0 Å². The van der Waals surface area contributed by atoms with E-state index < -0.39 is 5.91 Å². The number of rotatable bonds is 4. The molecule has 0 unspecified atom stereocenters. The van der Waals surface area contributed by atoms with Crippen LogP contribution in [0.3, 0.4) is 0 Å². The summed E-state index contributed by atoms with van der Waals surface area (Å²) < 4.78 is 0. The molecule has 0 fully saturated rings. The average molecular weight is 174 g/mol. The molecule has 0 radical (unpaired) electrons. The zero-order chi connectivity index (χ0) is 9.56. The van der Waals surface area contributed by atoms with Crippen LogP contribution >= 0.6 is 0 Å². The van der Waals surface area contributed by atoms with Gasteiger partial charge in [-0.15, -0.1) is 0 Å². The second-order valence-electron chi connectivity index (χ2n) is 2.76. The van der Waals surface area contributed by atoms with Crippen molar-refractivity contribution in [2.45, 2.75) is 32.7 Å². The maximum absolute atomic E-state index is 10.9. The highest BCUT2D eigenvalue weighted by molar-refractivity contribution is 5.83. The van der Waals surface area contributed by atoms with Gasteiger partial charge in [0.1, 0.15) is 0 Å². The zero-order valence-corrected chi connectivity index (χ0v) is 7.26. The quantitative estimate of drug-likeness (QED) is 0.408. The number of amides is 2. The van der Waals surface area contributed by atoms with Gasteiger partial charge >= 0.3 is 0 Å². The molecule has 0 bridgehead atoms. The summed E-state index contributed by atoms with van der Waals surface area (Å²) in [6, 6.07) is 0.0784. The molecule has 5 nitrogen and oxygen atoms in total. The first kappa shape index (κ1) is 10.9. The molecule has 0 aromatic heterocycles. The van der Waals surface area contributed by atoms with Gasteiger partial charge in [-0.1, -0.05) is 0 Å². The lowest BCUT2D eigenvalue weighted by Gasteiger charge is -2.06. The highest BCUT2D eigenvalue weighted by Crippen LogP contribution is 1.89. The lowest BCUT2D eigenvalue weighted by Crippen LogP contribution is -2.31. The van der Waals surface area contributed by atoms with Gasteiger partial charge in [-0.3, -0.25) is 14.8 Å². The fraction of sp³-hybridized carbons (Fsp3) is 0.714. The van der Waals surface area contributed by atoms with Crippen LogP contribution in [0.2, 0.25) is 0 Å². The molecule has 0 saturated heterocycles. The minimum Gasteiger partial charge on any atom is -0.354 e. The number of hydroxylamine groups is 1. The van der Waals surface area contributed by atoms with Crippen molar-refractivity contribution in [3.8, 4) is 0 Å². The molecule has 0 spiro atoms. The standard InChI is InChI=1S/C7H14N2O3/c1-5(2)8-6(10)3-4-7(11)9-12/h5,12H,3-4H2,1-2H3,(H,8,10)(H,9,11). The Morgan fingerprint density at radius 3 is 2.17 bits per heavy atom. The van der Waals surface area contributed by atoms with Gasteiger partial charge in [0.2, 0.25) is 11.8 Å². The van der Waals surface area contributed by atoms with Gasteiger partial charge < -0.3 is 5.32 Å². The Morgan fingerprint density at radius 1 is 1.25 bits per heavy atom. The van der Waals surface area contributed by atoms with E-state index in [0.29, 0.717) is 0 Å². The summed E-state index contributed by atoms with van der Waals surface area (Å²) in [5.74, 6) is -0.734. The Morgan fingerprint density at radius 2 is 1.75 bits per heavy atom. The molecule has 12 heavy (non-hydrogen) atoms. The number of hydrogen-bond donors (Lipinski definition) is 3. The Labute approximate surface area is 71.1 Å². The molecule has 0 saturated carbocycles. The second kappa shape index (κ2) is 5.54. The molecule has 0 aliphatic heterocycles. The summed E-state index contributed by atoms with van der Waals surface area (Å²) in [7, 11) is 0. The minimum atomic E-state index is -0.547. The third-order valence-electron chi connectivity index (χ3n) is 1.15. The molecule has 0 atom stereocenters. The van der Waals surface area contributed by atoms with Crippen LogP contribution in [0, 0.1) is 0 Å². The first-order valence-electron chi connectivity index (χ1n) is 3.78. The van der Waals surface area contributed by atoms with E-state index in [0.717, 1.165) is 0 Å². The van der Waals surface area contributed by atoms with Crippen molar-refractivity contribution in [1.82, 2.24) is 10.8 Å². The fourth-order valence-corrected chi connectivity index (χ4v) is 0.677. The zero-order valence-electron chi connectivity index (χ0n) is 7.26. The van der Waals surface area contributed by atoms with Gasteiger partial charge in [0.25, 0.3) is 0 Å². The Hall–Kier alpha value is -1.10. The monoisotopic (exact) mass is 174 g/mol. The Balaban J connectivity index is 3.51. The molecule has 2 amide bonds. The van der Waals surface area contributed by atoms with Crippen molar-refractivity contribution in [3.63, 3.8) is 0 Å². The molecular formula is C7H14N2O3. The summed E-state index contributed by atoms with van der Waals surface area (Å²) in [5, 5.41) is 10.7. The molecule has 0 aliphatic rings. The van der Waals surface area contributed by atoms with Gasteiger partial charge in [0, 0.05) is 18.9 Å². The smallest absolute Gasteiger partial charge is 0.243 e. The van der Waals surface area contributed by atoms with Crippen LogP contribution in [-0.4, -0.2) is 23.1 Å². The van der Waals surface area contributed by atoms with Crippen LogP contribution in [0.4, 0.5) is 0 Å². The first-order valence-corrected chi connectivity index (χ1v) is 3.78. The van der Waals surface area contributed by atoms with E-state index in [-0.39, 0.29) is 24.8 Å². The van der Waals surface area contributed by atoms with Crippen molar-refractivity contribution in [3.05, 3.63) is 0 Å². The molecule has 0 aliphatic carbocycles. The molecular weight excluding hydrogens is 160 g/mol. The lowest BCUT2D eigenvalue weighted by molar-refractivity contribution is -0.132. The van der Waals surface area contributed by atoms with Gasteiger partial charge in [-0.05, 0) is 13.8 Å².